The first-order valence-electron chi connectivity index (χ1n) is 5.86. The van der Waals surface area contributed by atoms with Crippen molar-refractivity contribution in [2.75, 3.05) is 0 Å². The van der Waals surface area contributed by atoms with Crippen LogP contribution in [0, 0.1) is 11.6 Å². The van der Waals surface area contributed by atoms with E-state index >= 15 is 0 Å². The van der Waals surface area contributed by atoms with Crippen LogP contribution in [0.15, 0.2) is 48.5 Å². The van der Waals surface area contributed by atoms with Crippen molar-refractivity contribution in [3.63, 3.8) is 0 Å². The Kier molecular flexibility index (Phi) is 2.87. The van der Waals surface area contributed by atoms with Gasteiger partial charge in [-0.1, -0.05) is 12.1 Å². The lowest BCUT2D eigenvalue weighted by Crippen LogP contribution is -2.08. The Hall–Kier alpha value is -2.07. The minimum Gasteiger partial charge on any atom is -0.356 e. The zero-order valence-electron chi connectivity index (χ0n) is 9.85. The number of Topliss-reactive ketones (excluding diaryl/α,β-unsaturated/α-hetero) is 1. The molecular weight excluding hydrogens is 250 g/mol. The zero-order valence-corrected chi connectivity index (χ0v) is 9.85. The summed E-state index contributed by atoms with van der Waals surface area (Å²) in [7, 11) is 0. The highest BCUT2D eigenvalue weighted by Crippen LogP contribution is 2.40. The van der Waals surface area contributed by atoms with Crippen LogP contribution in [0.3, 0.4) is 0 Å². The van der Waals surface area contributed by atoms with Crippen molar-refractivity contribution < 1.29 is 18.3 Å². The molecule has 1 fully saturated rings. The molecule has 2 aromatic rings. The van der Waals surface area contributed by atoms with Crippen molar-refractivity contribution in [1.29, 1.82) is 0 Å². The number of hydrogen-bond acceptors (Lipinski definition) is 2. The molecule has 1 heterocycles. The average Bonchev–Trinajstić information content (AvgIpc) is 3.20. The minimum absolute atomic E-state index is 0.186. The summed E-state index contributed by atoms with van der Waals surface area (Å²) in [5.41, 5.74) is 1.18. The highest BCUT2D eigenvalue weighted by molar-refractivity contribution is 6.01. The monoisotopic (exact) mass is 260 g/mol. The van der Waals surface area contributed by atoms with Crippen LogP contribution >= 0.6 is 0 Å². The van der Waals surface area contributed by atoms with Crippen LogP contribution in [0.4, 0.5) is 8.78 Å². The van der Waals surface area contributed by atoms with E-state index in [0.717, 1.165) is 5.56 Å². The van der Waals surface area contributed by atoms with E-state index in [9.17, 15) is 13.6 Å². The molecule has 2 aromatic carbocycles. The summed E-state index contributed by atoms with van der Waals surface area (Å²) in [6.45, 7) is 0. The molecule has 1 aliphatic rings. The molecule has 2 atom stereocenters. The molecule has 0 amide bonds. The van der Waals surface area contributed by atoms with Crippen LogP contribution in [0.25, 0.3) is 0 Å². The number of ether oxygens (including phenoxy) is 1. The maximum atomic E-state index is 12.8. The molecule has 0 bridgehead atoms. The molecule has 3 rings (SSSR count). The summed E-state index contributed by atoms with van der Waals surface area (Å²) in [6.07, 6.45) is -0.894. The SMILES string of the molecule is O=C(c1ccc(F)cc1)[C@H]1O[C@@H]1c1ccc(F)cc1. The normalized spacial score (nSPS) is 21.2. The third-order valence-electron chi connectivity index (χ3n) is 3.08. The summed E-state index contributed by atoms with van der Waals surface area (Å²) < 4.78 is 30.9. The fourth-order valence-corrected chi connectivity index (χ4v) is 2.00. The molecule has 0 N–H and O–H groups in total. The van der Waals surface area contributed by atoms with Gasteiger partial charge in [0.05, 0.1) is 0 Å². The Morgan fingerprint density at radius 1 is 0.895 bits per heavy atom. The topological polar surface area (TPSA) is 29.6 Å². The fraction of sp³-hybridized carbons (Fsp3) is 0.133. The van der Waals surface area contributed by atoms with Crippen LogP contribution in [0.5, 0.6) is 0 Å². The van der Waals surface area contributed by atoms with E-state index < -0.39 is 6.10 Å². The third-order valence-corrected chi connectivity index (χ3v) is 3.08. The van der Waals surface area contributed by atoms with Crippen molar-refractivity contribution in [2.24, 2.45) is 0 Å². The van der Waals surface area contributed by atoms with E-state index in [1.807, 2.05) is 0 Å². The first kappa shape index (κ1) is 12.0. The van der Waals surface area contributed by atoms with Crippen LogP contribution in [0.2, 0.25) is 0 Å². The van der Waals surface area contributed by atoms with Crippen LogP contribution in [-0.2, 0) is 4.74 Å². The van der Waals surface area contributed by atoms with Crippen molar-refractivity contribution in [3.8, 4) is 0 Å². The van der Waals surface area contributed by atoms with E-state index in [1.54, 1.807) is 12.1 Å². The van der Waals surface area contributed by atoms with Gasteiger partial charge in [0.15, 0.2) is 11.9 Å². The summed E-state index contributed by atoms with van der Waals surface area (Å²) in [5, 5.41) is 0. The molecule has 1 aliphatic heterocycles. The molecule has 0 aromatic heterocycles. The predicted molar refractivity (Wildman–Crippen MR) is 64.7 cm³/mol. The molecular formula is C15H10F2O2. The van der Waals surface area contributed by atoms with Crippen LogP contribution < -0.4 is 0 Å². The van der Waals surface area contributed by atoms with Crippen LogP contribution in [0.1, 0.15) is 22.0 Å². The molecule has 0 spiro atoms. The number of carbonyl (C=O) groups excluding carboxylic acids is 1. The van der Waals surface area contributed by atoms with Crippen molar-refractivity contribution >= 4 is 5.78 Å². The Bertz CT molecular complexity index is 605. The Labute approximate surface area is 108 Å². The molecule has 0 radical (unpaired) electrons. The first-order chi connectivity index (χ1) is 9.15. The lowest BCUT2D eigenvalue weighted by Gasteiger charge is -1.98. The van der Waals surface area contributed by atoms with Crippen molar-refractivity contribution in [1.82, 2.24) is 0 Å². The number of halogens is 2. The van der Waals surface area contributed by atoms with E-state index in [0.29, 0.717) is 5.56 Å². The number of ketones is 1. The lowest BCUT2D eigenvalue weighted by atomic mass is 10.0. The molecule has 1 saturated heterocycles. The predicted octanol–water partition coefficient (Wildman–Crippen LogP) is 3.29. The third kappa shape index (κ3) is 2.39. The highest BCUT2D eigenvalue weighted by Gasteiger charge is 2.46. The van der Waals surface area contributed by atoms with Gasteiger partial charge < -0.3 is 4.74 Å². The maximum Gasteiger partial charge on any atom is 0.194 e. The second kappa shape index (κ2) is 4.55. The summed E-state index contributed by atoms with van der Waals surface area (Å²) in [6, 6.07) is 11.2. The van der Waals surface area contributed by atoms with Gasteiger partial charge in [0, 0.05) is 5.56 Å². The Morgan fingerprint density at radius 2 is 1.42 bits per heavy atom. The quantitative estimate of drug-likeness (QED) is 0.626. The summed E-state index contributed by atoms with van der Waals surface area (Å²) in [5.74, 6) is -0.900. The van der Waals surface area contributed by atoms with Gasteiger partial charge in [-0.25, -0.2) is 8.78 Å². The molecule has 96 valence electrons. The smallest absolute Gasteiger partial charge is 0.194 e. The number of carbonyl (C=O) groups is 1. The van der Waals surface area contributed by atoms with Gasteiger partial charge in [-0.15, -0.1) is 0 Å². The molecule has 0 saturated carbocycles. The van der Waals surface area contributed by atoms with Gasteiger partial charge in [-0.05, 0) is 42.0 Å². The van der Waals surface area contributed by atoms with Gasteiger partial charge in [-0.3, -0.25) is 4.79 Å². The Morgan fingerprint density at radius 3 is 2.00 bits per heavy atom. The Balaban J connectivity index is 1.74. The van der Waals surface area contributed by atoms with Gasteiger partial charge in [-0.2, -0.15) is 0 Å². The van der Waals surface area contributed by atoms with Gasteiger partial charge in [0.25, 0.3) is 0 Å². The van der Waals surface area contributed by atoms with Crippen molar-refractivity contribution in [2.45, 2.75) is 12.2 Å². The van der Waals surface area contributed by atoms with Crippen LogP contribution in [-0.4, -0.2) is 11.9 Å². The molecule has 19 heavy (non-hydrogen) atoms. The highest BCUT2D eigenvalue weighted by atomic mass is 19.1. The van der Waals surface area contributed by atoms with E-state index in [1.165, 1.54) is 36.4 Å². The molecule has 0 aliphatic carbocycles. The van der Waals surface area contributed by atoms with Gasteiger partial charge >= 0.3 is 0 Å². The van der Waals surface area contributed by atoms with Gasteiger partial charge in [0.2, 0.25) is 0 Å². The summed E-state index contributed by atoms with van der Waals surface area (Å²) in [4.78, 5) is 12.0. The minimum atomic E-state index is -0.559. The number of epoxide rings is 1. The standard InChI is InChI=1S/C15H10F2O2/c16-11-5-1-9(2-6-11)13(18)15-14(19-15)10-3-7-12(17)8-4-10/h1-8,14-15H/t14-,15-/m1/s1. The first-order valence-corrected chi connectivity index (χ1v) is 5.86. The van der Waals surface area contributed by atoms with E-state index in [2.05, 4.69) is 0 Å². The second-order valence-corrected chi connectivity index (χ2v) is 4.40. The number of rotatable bonds is 3. The lowest BCUT2D eigenvalue weighted by molar-refractivity contribution is 0.0953. The zero-order chi connectivity index (χ0) is 13.4. The molecule has 2 nitrogen and oxygen atoms in total. The second-order valence-electron chi connectivity index (χ2n) is 4.40. The largest absolute Gasteiger partial charge is 0.356 e. The van der Waals surface area contributed by atoms with Crippen molar-refractivity contribution in [3.05, 3.63) is 71.3 Å². The van der Waals surface area contributed by atoms with E-state index in [-0.39, 0.29) is 23.5 Å². The fourth-order valence-electron chi connectivity index (χ4n) is 2.00. The number of hydrogen-bond donors (Lipinski definition) is 0. The molecule has 0 unspecified atom stereocenters. The van der Waals surface area contributed by atoms with E-state index in [4.69, 9.17) is 4.74 Å². The molecule has 4 heteroatoms. The summed E-state index contributed by atoms with van der Waals surface area (Å²) >= 11 is 0. The average molecular weight is 260 g/mol. The van der Waals surface area contributed by atoms with Gasteiger partial charge in [0.1, 0.15) is 17.7 Å². The maximum absolute atomic E-state index is 12.8. The number of benzene rings is 2.